The number of carbonyl (C=O) groups is 1. The van der Waals surface area contributed by atoms with E-state index in [0.717, 1.165) is 0 Å². The first-order valence-corrected chi connectivity index (χ1v) is 9.86. The molecule has 0 saturated carbocycles. The van der Waals surface area contributed by atoms with Crippen LogP contribution in [0.15, 0.2) is 47.4 Å². The van der Waals surface area contributed by atoms with Crippen LogP contribution in [0.5, 0.6) is 5.75 Å². The van der Waals surface area contributed by atoms with Gasteiger partial charge in [-0.2, -0.15) is 4.31 Å². The minimum absolute atomic E-state index is 0.123. The Morgan fingerprint density at radius 3 is 2.65 bits per heavy atom. The predicted molar refractivity (Wildman–Crippen MR) is 98.8 cm³/mol. The van der Waals surface area contributed by atoms with Crippen molar-refractivity contribution in [1.29, 1.82) is 0 Å². The van der Waals surface area contributed by atoms with Crippen LogP contribution in [-0.4, -0.2) is 38.8 Å². The Hall–Kier alpha value is -2.09. The fraction of sp³-hybridized carbons (Fsp3) is 0.278. The number of hydrogen-bond donors (Lipinski definition) is 1. The van der Waals surface area contributed by atoms with E-state index in [9.17, 15) is 13.2 Å². The van der Waals surface area contributed by atoms with Crippen molar-refractivity contribution in [2.45, 2.75) is 17.9 Å². The van der Waals surface area contributed by atoms with E-state index < -0.39 is 16.1 Å². The van der Waals surface area contributed by atoms with Crippen LogP contribution in [0.1, 0.15) is 17.2 Å². The van der Waals surface area contributed by atoms with Crippen molar-refractivity contribution in [3.05, 3.63) is 58.6 Å². The van der Waals surface area contributed by atoms with Crippen molar-refractivity contribution in [2.75, 3.05) is 20.2 Å². The van der Waals surface area contributed by atoms with Gasteiger partial charge in [-0.1, -0.05) is 23.7 Å². The van der Waals surface area contributed by atoms with E-state index in [2.05, 4.69) is 5.32 Å². The van der Waals surface area contributed by atoms with E-state index in [0.29, 0.717) is 21.9 Å². The highest BCUT2D eigenvalue weighted by Gasteiger charge is 2.39. The van der Waals surface area contributed by atoms with Crippen molar-refractivity contribution in [3.8, 4) is 5.75 Å². The average molecular weight is 395 g/mol. The molecule has 1 aliphatic rings. The summed E-state index contributed by atoms with van der Waals surface area (Å²) in [5.41, 5.74) is 1.23. The maximum absolute atomic E-state index is 13.2. The molecule has 1 aliphatic heterocycles. The molecule has 0 aliphatic carbocycles. The SMILES string of the molecule is COc1ccc(S(=O)(=O)N2CCNC(=O)C2c2cccc(Cl)c2)cc1C. The molecule has 1 N–H and O–H groups in total. The van der Waals surface area contributed by atoms with E-state index in [4.69, 9.17) is 16.3 Å². The number of aryl methyl sites for hydroxylation is 1. The van der Waals surface area contributed by atoms with Crippen LogP contribution in [-0.2, 0) is 14.8 Å². The summed E-state index contributed by atoms with van der Waals surface area (Å²) in [6.07, 6.45) is 0. The van der Waals surface area contributed by atoms with Gasteiger partial charge < -0.3 is 10.1 Å². The zero-order chi connectivity index (χ0) is 18.9. The summed E-state index contributed by atoms with van der Waals surface area (Å²) < 4.78 is 32.9. The van der Waals surface area contributed by atoms with Crippen molar-refractivity contribution in [2.24, 2.45) is 0 Å². The zero-order valence-electron chi connectivity index (χ0n) is 14.4. The molecule has 0 radical (unpaired) electrons. The normalized spacial score (nSPS) is 18.4. The third kappa shape index (κ3) is 3.42. The van der Waals surface area contributed by atoms with Crippen LogP contribution in [0, 0.1) is 6.92 Å². The molecular formula is C18H19ClN2O4S. The molecule has 1 amide bonds. The summed E-state index contributed by atoms with van der Waals surface area (Å²) >= 11 is 6.03. The van der Waals surface area contributed by atoms with Crippen LogP contribution in [0.25, 0.3) is 0 Å². The van der Waals surface area contributed by atoms with E-state index in [-0.39, 0.29) is 23.9 Å². The lowest BCUT2D eigenvalue weighted by Crippen LogP contribution is -2.52. The van der Waals surface area contributed by atoms with Crippen molar-refractivity contribution < 1.29 is 17.9 Å². The molecule has 8 heteroatoms. The van der Waals surface area contributed by atoms with Crippen LogP contribution < -0.4 is 10.1 Å². The molecule has 3 rings (SSSR count). The smallest absolute Gasteiger partial charge is 0.244 e. The second-order valence-electron chi connectivity index (χ2n) is 6.00. The molecule has 1 heterocycles. The average Bonchev–Trinajstić information content (AvgIpc) is 2.61. The number of amides is 1. The largest absolute Gasteiger partial charge is 0.496 e. The number of rotatable bonds is 4. The lowest BCUT2D eigenvalue weighted by molar-refractivity contribution is -0.126. The number of methoxy groups -OCH3 is 1. The summed E-state index contributed by atoms with van der Waals surface area (Å²) in [5, 5.41) is 3.17. The topological polar surface area (TPSA) is 75.7 Å². The van der Waals surface area contributed by atoms with E-state index >= 15 is 0 Å². The van der Waals surface area contributed by atoms with Crippen molar-refractivity contribution in [3.63, 3.8) is 0 Å². The number of carbonyl (C=O) groups excluding carboxylic acids is 1. The van der Waals surface area contributed by atoms with Crippen LogP contribution in [0.2, 0.25) is 5.02 Å². The summed E-state index contributed by atoms with van der Waals surface area (Å²) in [5.74, 6) is 0.235. The summed E-state index contributed by atoms with van der Waals surface area (Å²) in [6.45, 7) is 2.20. The first-order valence-electron chi connectivity index (χ1n) is 8.04. The number of benzene rings is 2. The van der Waals surface area contributed by atoms with E-state index in [1.165, 1.54) is 17.5 Å². The zero-order valence-corrected chi connectivity index (χ0v) is 16.0. The van der Waals surface area contributed by atoms with Crippen molar-refractivity contribution >= 4 is 27.5 Å². The highest BCUT2D eigenvalue weighted by Crippen LogP contribution is 2.32. The molecule has 1 saturated heterocycles. The van der Waals surface area contributed by atoms with Gasteiger partial charge in [0.2, 0.25) is 15.9 Å². The number of nitrogens with zero attached hydrogens (tertiary/aromatic N) is 1. The predicted octanol–water partition coefficient (Wildman–Crippen LogP) is 2.52. The standard InChI is InChI=1S/C18H19ClN2O4S/c1-12-10-15(6-7-16(12)25-2)26(23,24)21-9-8-20-18(22)17(21)13-4-3-5-14(19)11-13/h3-7,10-11,17H,8-9H2,1-2H3,(H,20,22). The Bertz CT molecular complexity index is 946. The highest BCUT2D eigenvalue weighted by molar-refractivity contribution is 7.89. The Kier molecular flexibility index (Phi) is 5.22. The lowest BCUT2D eigenvalue weighted by Gasteiger charge is -2.34. The molecule has 1 unspecified atom stereocenters. The van der Waals surface area contributed by atoms with Gasteiger partial charge in [-0.25, -0.2) is 8.42 Å². The molecule has 6 nitrogen and oxygen atoms in total. The number of piperazine rings is 1. The van der Waals surface area contributed by atoms with Crippen LogP contribution in [0.3, 0.4) is 0 Å². The van der Waals surface area contributed by atoms with Gasteiger partial charge in [0, 0.05) is 18.1 Å². The number of nitrogens with one attached hydrogen (secondary N) is 1. The van der Waals surface area contributed by atoms with Gasteiger partial charge in [0.15, 0.2) is 0 Å². The van der Waals surface area contributed by atoms with Crippen LogP contribution in [0.4, 0.5) is 0 Å². The van der Waals surface area contributed by atoms with Gasteiger partial charge in [0.05, 0.1) is 12.0 Å². The molecule has 0 spiro atoms. The molecular weight excluding hydrogens is 376 g/mol. The van der Waals surface area contributed by atoms with Gasteiger partial charge in [0.1, 0.15) is 11.8 Å². The van der Waals surface area contributed by atoms with Crippen LogP contribution >= 0.6 is 11.6 Å². The number of halogens is 1. The maximum Gasteiger partial charge on any atom is 0.244 e. The molecule has 26 heavy (non-hydrogen) atoms. The Balaban J connectivity index is 2.06. The molecule has 138 valence electrons. The molecule has 2 aromatic rings. The van der Waals surface area contributed by atoms with Gasteiger partial charge >= 0.3 is 0 Å². The Morgan fingerprint density at radius 1 is 1.23 bits per heavy atom. The summed E-state index contributed by atoms with van der Waals surface area (Å²) in [4.78, 5) is 12.6. The number of ether oxygens (including phenoxy) is 1. The van der Waals surface area contributed by atoms with Gasteiger partial charge in [0.25, 0.3) is 0 Å². The quantitative estimate of drug-likeness (QED) is 0.864. The lowest BCUT2D eigenvalue weighted by atomic mass is 10.0. The summed E-state index contributed by atoms with van der Waals surface area (Å²) in [7, 11) is -2.35. The number of hydrogen-bond acceptors (Lipinski definition) is 4. The number of sulfonamides is 1. The highest BCUT2D eigenvalue weighted by atomic mass is 35.5. The third-order valence-corrected chi connectivity index (χ3v) is 6.40. The molecule has 1 fully saturated rings. The van der Waals surface area contributed by atoms with E-state index in [1.54, 1.807) is 43.3 Å². The fourth-order valence-electron chi connectivity index (χ4n) is 3.05. The molecule has 0 aromatic heterocycles. The molecule has 2 aromatic carbocycles. The third-order valence-electron chi connectivity index (χ3n) is 4.31. The van der Waals surface area contributed by atoms with E-state index in [1.807, 2.05) is 0 Å². The van der Waals surface area contributed by atoms with Crippen molar-refractivity contribution in [1.82, 2.24) is 9.62 Å². The first kappa shape index (κ1) is 18.7. The fourth-order valence-corrected chi connectivity index (χ4v) is 4.91. The second-order valence-corrected chi connectivity index (χ2v) is 8.32. The summed E-state index contributed by atoms with van der Waals surface area (Å²) in [6, 6.07) is 10.4. The monoisotopic (exact) mass is 394 g/mol. The maximum atomic E-state index is 13.2. The molecule has 0 bridgehead atoms. The minimum Gasteiger partial charge on any atom is -0.496 e. The van der Waals surface area contributed by atoms with Gasteiger partial charge in [-0.15, -0.1) is 0 Å². The Morgan fingerprint density at radius 2 is 2.00 bits per heavy atom. The Labute approximate surface area is 157 Å². The first-order chi connectivity index (χ1) is 12.3. The second kappa shape index (κ2) is 7.26. The molecule has 1 atom stereocenters. The van der Waals surface area contributed by atoms with Gasteiger partial charge in [-0.3, -0.25) is 4.79 Å². The minimum atomic E-state index is -3.88. The van der Waals surface area contributed by atoms with Gasteiger partial charge in [-0.05, 0) is 48.4 Å².